The number of hydrogen-bond donors (Lipinski definition) is 3. The van der Waals surface area contributed by atoms with Gasteiger partial charge in [-0.05, 0) is 42.5 Å². The normalized spacial score (nSPS) is 12.9. The van der Waals surface area contributed by atoms with E-state index in [0.717, 1.165) is 5.69 Å². The van der Waals surface area contributed by atoms with Crippen LogP contribution in [0.4, 0.5) is 17.1 Å². The number of nitrogen functional groups attached to an aromatic ring is 1. The summed E-state index contributed by atoms with van der Waals surface area (Å²) in [5.41, 5.74) is 13.5. The van der Waals surface area contributed by atoms with Crippen LogP contribution in [0.2, 0.25) is 0 Å². The van der Waals surface area contributed by atoms with E-state index >= 15 is 0 Å². The number of hydrogen-bond acceptors (Lipinski definition) is 5. The van der Waals surface area contributed by atoms with E-state index in [-0.39, 0.29) is 0 Å². The van der Waals surface area contributed by atoms with Gasteiger partial charge in [-0.3, -0.25) is 4.79 Å². The van der Waals surface area contributed by atoms with Crippen molar-refractivity contribution in [3.8, 4) is 5.75 Å². The molecular formula is C15H14N4O2. The molecule has 1 aliphatic heterocycles. The molecule has 106 valence electrons. The van der Waals surface area contributed by atoms with Crippen molar-refractivity contribution in [1.82, 2.24) is 0 Å². The molecular weight excluding hydrogens is 268 g/mol. The number of fused-ring (bicyclic) bond motifs is 1. The number of ether oxygens (including phenoxy) is 1. The SMILES string of the molecule is NC(=O)c1ccc(NC2=Nc3cc(N)ccc3OC2)cc1. The van der Waals surface area contributed by atoms with Crippen LogP contribution < -0.4 is 21.5 Å². The Morgan fingerprint density at radius 1 is 1.19 bits per heavy atom. The van der Waals surface area contributed by atoms with Crippen LogP contribution in [0, 0.1) is 0 Å². The maximum absolute atomic E-state index is 11.0. The van der Waals surface area contributed by atoms with Crippen molar-refractivity contribution < 1.29 is 9.53 Å². The average molecular weight is 282 g/mol. The van der Waals surface area contributed by atoms with Crippen molar-refractivity contribution in [2.24, 2.45) is 10.7 Å². The molecule has 0 aromatic heterocycles. The van der Waals surface area contributed by atoms with Gasteiger partial charge in [0, 0.05) is 16.9 Å². The van der Waals surface area contributed by atoms with Gasteiger partial charge in [-0.2, -0.15) is 0 Å². The third kappa shape index (κ3) is 2.79. The number of carbonyl (C=O) groups is 1. The molecule has 3 rings (SSSR count). The van der Waals surface area contributed by atoms with E-state index in [2.05, 4.69) is 10.3 Å². The van der Waals surface area contributed by atoms with E-state index in [1.165, 1.54) is 0 Å². The van der Waals surface area contributed by atoms with E-state index in [1.54, 1.807) is 42.5 Å². The summed E-state index contributed by atoms with van der Waals surface area (Å²) < 4.78 is 5.60. The van der Waals surface area contributed by atoms with Gasteiger partial charge in [0.05, 0.1) is 0 Å². The van der Waals surface area contributed by atoms with Crippen molar-refractivity contribution in [1.29, 1.82) is 0 Å². The Bertz CT molecular complexity index is 723. The number of carbonyl (C=O) groups excluding carboxylic acids is 1. The number of primary amides is 1. The highest BCUT2D eigenvalue weighted by molar-refractivity contribution is 6.00. The number of nitrogens with one attached hydrogen (secondary N) is 1. The van der Waals surface area contributed by atoms with Gasteiger partial charge in [0.25, 0.3) is 0 Å². The molecule has 0 aliphatic carbocycles. The zero-order valence-electron chi connectivity index (χ0n) is 11.2. The molecule has 0 unspecified atom stereocenters. The molecule has 0 fully saturated rings. The molecule has 0 saturated heterocycles. The predicted octanol–water partition coefficient (Wildman–Crippen LogP) is 1.90. The molecule has 21 heavy (non-hydrogen) atoms. The largest absolute Gasteiger partial charge is 0.483 e. The smallest absolute Gasteiger partial charge is 0.248 e. The van der Waals surface area contributed by atoms with Crippen molar-refractivity contribution in [3.05, 3.63) is 48.0 Å². The number of nitrogens with zero attached hydrogens (tertiary/aromatic N) is 1. The zero-order valence-corrected chi connectivity index (χ0v) is 11.2. The average Bonchev–Trinajstić information content (AvgIpc) is 2.47. The highest BCUT2D eigenvalue weighted by Crippen LogP contribution is 2.32. The summed E-state index contributed by atoms with van der Waals surface area (Å²) in [6.07, 6.45) is 0. The van der Waals surface area contributed by atoms with Crippen LogP contribution in [0.1, 0.15) is 10.4 Å². The summed E-state index contributed by atoms with van der Waals surface area (Å²) in [5, 5.41) is 3.14. The molecule has 1 heterocycles. The van der Waals surface area contributed by atoms with Crippen molar-refractivity contribution in [2.75, 3.05) is 17.7 Å². The molecule has 2 aromatic carbocycles. The highest BCUT2D eigenvalue weighted by atomic mass is 16.5. The van der Waals surface area contributed by atoms with E-state index < -0.39 is 5.91 Å². The Balaban J connectivity index is 1.81. The van der Waals surface area contributed by atoms with Crippen LogP contribution in [0.5, 0.6) is 5.75 Å². The van der Waals surface area contributed by atoms with Gasteiger partial charge in [0.1, 0.15) is 23.9 Å². The van der Waals surface area contributed by atoms with E-state index in [9.17, 15) is 4.79 Å². The van der Waals surface area contributed by atoms with Crippen molar-refractivity contribution >= 4 is 28.8 Å². The summed E-state index contributed by atoms with van der Waals surface area (Å²) in [5.74, 6) is 0.919. The molecule has 6 heteroatoms. The van der Waals surface area contributed by atoms with Crippen LogP contribution in [0.3, 0.4) is 0 Å². The summed E-state index contributed by atoms with van der Waals surface area (Å²) in [7, 11) is 0. The molecule has 2 aromatic rings. The molecule has 6 nitrogen and oxygen atoms in total. The van der Waals surface area contributed by atoms with Gasteiger partial charge in [-0.1, -0.05) is 0 Å². The van der Waals surface area contributed by atoms with Crippen molar-refractivity contribution in [2.45, 2.75) is 0 Å². The summed E-state index contributed by atoms with van der Waals surface area (Å²) >= 11 is 0. The Morgan fingerprint density at radius 2 is 1.95 bits per heavy atom. The fraction of sp³-hybridized carbons (Fsp3) is 0.0667. The lowest BCUT2D eigenvalue weighted by Crippen LogP contribution is -2.23. The topological polar surface area (TPSA) is 103 Å². The number of amides is 1. The first-order valence-corrected chi connectivity index (χ1v) is 6.38. The van der Waals surface area contributed by atoms with Gasteiger partial charge >= 0.3 is 0 Å². The van der Waals surface area contributed by atoms with E-state index in [4.69, 9.17) is 16.2 Å². The minimum atomic E-state index is -0.454. The Kier molecular flexibility index (Phi) is 3.19. The second kappa shape index (κ2) is 5.16. The summed E-state index contributed by atoms with van der Waals surface area (Å²) in [4.78, 5) is 15.5. The lowest BCUT2D eigenvalue weighted by Gasteiger charge is -2.18. The summed E-state index contributed by atoms with van der Waals surface area (Å²) in [6.45, 7) is 0.342. The molecule has 0 atom stereocenters. The van der Waals surface area contributed by atoms with Crippen molar-refractivity contribution in [3.63, 3.8) is 0 Å². The first kappa shape index (κ1) is 13.0. The second-order valence-corrected chi connectivity index (χ2v) is 4.64. The van der Waals surface area contributed by atoms with Crippen LogP contribution in [0.25, 0.3) is 0 Å². The van der Waals surface area contributed by atoms with Gasteiger partial charge in [0.15, 0.2) is 0 Å². The monoisotopic (exact) mass is 282 g/mol. The van der Waals surface area contributed by atoms with Gasteiger partial charge in [0.2, 0.25) is 5.91 Å². The maximum Gasteiger partial charge on any atom is 0.248 e. The number of amidine groups is 1. The lowest BCUT2D eigenvalue weighted by molar-refractivity contribution is 0.100. The molecule has 0 bridgehead atoms. The van der Waals surface area contributed by atoms with E-state index in [0.29, 0.717) is 35.1 Å². The fourth-order valence-corrected chi connectivity index (χ4v) is 2.02. The van der Waals surface area contributed by atoms with Crippen LogP contribution in [0.15, 0.2) is 47.5 Å². The predicted molar refractivity (Wildman–Crippen MR) is 82.0 cm³/mol. The number of benzene rings is 2. The van der Waals surface area contributed by atoms with E-state index in [1.807, 2.05) is 0 Å². The highest BCUT2D eigenvalue weighted by Gasteiger charge is 2.13. The fourth-order valence-electron chi connectivity index (χ4n) is 2.02. The standard InChI is InChI=1S/C15H14N4O2/c16-10-3-6-13-12(7-10)19-14(8-21-13)18-11-4-1-9(2-5-11)15(17)20/h1-7H,8,16H2,(H2,17,20)(H,18,19). The minimum absolute atomic E-state index is 0.342. The van der Waals surface area contributed by atoms with Crippen LogP contribution >= 0.6 is 0 Å². The van der Waals surface area contributed by atoms with Crippen LogP contribution in [-0.4, -0.2) is 18.3 Å². The first-order valence-electron chi connectivity index (χ1n) is 6.38. The third-order valence-corrected chi connectivity index (χ3v) is 3.06. The Morgan fingerprint density at radius 3 is 2.67 bits per heavy atom. The Hall–Kier alpha value is -3.02. The zero-order chi connectivity index (χ0) is 14.8. The number of aliphatic imine (C=N–C) groups is 1. The molecule has 0 saturated carbocycles. The maximum atomic E-state index is 11.0. The van der Waals surface area contributed by atoms with Crippen LogP contribution in [-0.2, 0) is 0 Å². The molecule has 0 radical (unpaired) electrons. The number of anilines is 2. The summed E-state index contributed by atoms with van der Waals surface area (Å²) in [6, 6.07) is 12.2. The quantitative estimate of drug-likeness (QED) is 0.732. The first-order chi connectivity index (χ1) is 10.1. The number of nitrogens with two attached hydrogens (primary N) is 2. The number of rotatable bonds is 2. The van der Waals surface area contributed by atoms with Gasteiger partial charge in [-0.15, -0.1) is 0 Å². The van der Waals surface area contributed by atoms with Gasteiger partial charge < -0.3 is 21.5 Å². The Labute approximate surface area is 121 Å². The molecule has 0 spiro atoms. The van der Waals surface area contributed by atoms with Gasteiger partial charge in [-0.25, -0.2) is 4.99 Å². The molecule has 5 N–H and O–H groups in total. The molecule has 1 amide bonds. The molecule has 1 aliphatic rings. The minimum Gasteiger partial charge on any atom is -0.483 e. The second-order valence-electron chi connectivity index (χ2n) is 4.64. The third-order valence-electron chi connectivity index (χ3n) is 3.06. The lowest BCUT2D eigenvalue weighted by atomic mass is 10.2.